The summed E-state index contributed by atoms with van der Waals surface area (Å²) in [6.07, 6.45) is 14.8. The van der Waals surface area contributed by atoms with Gasteiger partial charge in [-0.1, -0.05) is 164 Å². The van der Waals surface area contributed by atoms with E-state index < -0.39 is 0 Å². The summed E-state index contributed by atoms with van der Waals surface area (Å²) in [4.78, 5) is 13.1. The van der Waals surface area contributed by atoms with Crippen LogP contribution in [-0.2, 0) is 0 Å². The molecule has 0 amide bonds. The number of nitrogens with zero attached hydrogens (tertiary/aromatic N) is 3. The summed E-state index contributed by atoms with van der Waals surface area (Å²) < 4.78 is 2.50. The predicted octanol–water partition coefficient (Wildman–Crippen LogP) is 14.0. The Bertz CT molecular complexity index is 3370. The van der Waals surface area contributed by atoms with Gasteiger partial charge < -0.3 is 21.3 Å². The minimum Gasteiger partial charge on any atom is -0.401 e. The molecule has 12 rings (SSSR count). The lowest BCUT2D eigenvalue weighted by Crippen LogP contribution is -2.39. The van der Waals surface area contributed by atoms with Gasteiger partial charge in [0.15, 0.2) is 6.17 Å². The van der Waals surface area contributed by atoms with Crippen LogP contribution in [0.3, 0.4) is 0 Å². The highest BCUT2D eigenvalue weighted by Crippen LogP contribution is 2.44. The lowest BCUT2D eigenvalue weighted by atomic mass is 9.81. The van der Waals surface area contributed by atoms with Crippen molar-refractivity contribution in [3.8, 4) is 22.3 Å². The van der Waals surface area contributed by atoms with Gasteiger partial charge in [0.1, 0.15) is 17.8 Å². The molecule has 4 aliphatic rings. The molecule has 0 spiro atoms. The van der Waals surface area contributed by atoms with E-state index in [1.165, 1.54) is 42.6 Å². The van der Waals surface area contributed by atoms with Crippen molar-refractivity contribution in [1.29, 1.82) is 0 Å². The monoisotopic (exact) mass is 872 g/mol. The smallest absolute Gasteiger partial charge is 0.150 e. The third-order valence-electron chi connectivity index (χ3n) is 13.5. The molecule has 320 valence electrons. The van der Waals surface area contributed by atoms with E-state index in [1.54, 1.807) is 0 Å². The molecule has 6 nitrogen and oxygen atoms in total. The number of allylic oxidation sites excluding steroid dienone is 7. The second-order valence-electron chi connectivity index (χ2n) is 17.5. The van der Waals surface area contributed by atoms with Gasteiger partial charge in [-0.25, -0.2) is 9.98 Å². The molecule has 4 unspecified atom stereocenters. The van der Waals surface area contributed by atoms with Crippen molar-refractivity contribution >= 4 is 65.8 Å². The van der Waals surface area contributed by atoms with Crippen LogP contribution in [0.1, 0.15) is 47.9 Å². The lowest BCUT2D eigenvalue weighted by molar-refractivity contribution is 0.517. The Labute approximate surface area is 389 Å². The van der Waals surface area contributed by atoms with E-state index in [0.29, 0.717) is 0 Å². The number of fused-ring (bicyclic) bond motifs is 4. The van der Waals surface area contributed by atoms with Crippen LogP contribution in [0.5, 0.6) is 0 Å². The Hall–Kier alpha value is -7.74. The van der Waals surface area contributed by atoms with Crippen LogP contribution >= 0.6 is 11.3 Å². The summed E-state index contributed by atoms with van der Waals surface area (Å²) in [6.45, 7) is 2.19. The van der Waals surface area contributed by atoms with Gasteiger partial charge in [-0.05, 0) is 89.5 Å². The standard InChI is InChI=1S/C59H48N6S/c1-37-61-52-30-10-11-31-53(52)65(37)43-34-32-39(33-35-43)45-24-13-26-48(54(45)60)47-23-9-8-22-44(47)41-20-12-21-42(36-41)58-62-57(40-18-6-3-7-19-40)63-59(64-58)51-29-15-28-50-49-27-14-25-46(55(49)66-56(50)51)38-16-4-2-5-17-38/h2-18,20-25,27-37,40,48,57,61H,19,26,60H2,1H3,(H,62,63,64). The molecule has 8 aromatic rings. The van der Waals surface area contributed by atoms with Crippen molar-refractivity contribution < 1.29 is 0 Å². The van der Waals surface area contributed by atoms with Gasteiger partial charge in [0, 0.05) is 60.1 Å². The SMILES string of the molecule is CC1Nc2ccccc2N1c1ccc(C2=C(N)C(c3ccccc3-c3cccc(C4=NC(C5C=CC=CC5)N=C(c5cccc6c5sc5c(-c7ccccc7)cccc56)N4)c3)CC=C2)cc1. The molecule has 1 aromatic heterocycles. The van der Waals surface area contributed by atoms with Crippen LogP contribution in [-0.4, -0.2) is 24.0 Å². The number of nitrogens with two attached hydrogens (primary N) is 1. The van der Waals surface area contributed by atoms with E-state index in [2.05, 4.69) is 223 Å². The van der Waals surface area contributed by atoms with Crippen molar-refractivity contribution in [2.45, 2.75) is 38.0 Å². The highest BCUT2D eigenvalue weighted by atomic mass is 32.1. The first-order chi connectivity index (χ1) is 32.6. The Balaban J connectivity index is 0.880. The lowest BCUT2D eigenvalue weighted by Gasteiger charge is -2.27. The van der Waals surface area contributed by atoms with Gasteiger partial charge in [-0.3, -0.25) is 0 Å². The zero-order valence-corrected chi connectivity index (χ0v) is 37.4. The minimum absolute atomic E-state index is 0.0165. The second-order valence-corrected chi connectivity index (χ2v) is 18.5. The minimum atomic E-state index is -0.282. The molecule has 0 radical (unpaired) electrons. The highest BCUT2D eigenvalue weighted by Gasteiger charge is 2.29. The zero-order chi connectivity index (χ0) is 44.1. The largest absolute Gasteiger partial charge is 0.401 e. The van der Waals surface area contributed by atoms with Crippen LogP contribution in [0.4, 0.5) is 17.1 Å². The van der Waals surface area contributed by atoms with Gasteiger partial charge in [-0.15, -0.1) is 11.3 Å². The molecule has 3 heterocycles. The summed E-state index contributed by atoms with van der Waals surface area (Å²) >= 11 is 1.85. The summed E-state index contributed by atoms with van der Waals surface area (Å²) in [5.41, 5.74) is 21.9. The zero-order valence-electron chi connectivity index (χ0n) is 36.6. The number of thiophene rings is 1. The molecular formula is C59H48N6S. The Morgan fingerprint density at radius 1 is 0.606 bits per heavy atom. The van der Waals surface area contributed by atoms with Gasteiger partial charge in [0.25, 0.3) is 0 Å². The van der Waals surface area contributed by atoms with Gasteiger partial charge in [0.2, 0.25) is 0 Å². The molecule has 4 atom stereocenters. The third-order valence-corrected chi connectivity index (χ3v) is 14.8. The predicted molar refractivity (Wildman–Crippen MR) is 279 cm³/mol. The van der Waals surface area contributed by atoms with E-state index in [1.807, 2.05) is 11.3 Å². The van der Waals surface area contributed by atoms with Crippen LogP contribution in [0.2, 0.25) is 0 Å². The number of rotatable bonds is 8. The first-order valence-electron chi connectivity index (χ1n) is 22.9. The molecule has 0 saturated heterocycles. The number of anilines is 3. The maximum Gasteiger partial charge on any atom is 0.150 e. The normalized spacial score (nSPS) is 20.0. The number of aliphatic imine (C=N–C) groups is 2. The molecule has 0 bridgehead atoms. The number of amidine groups is 2. The third kappa shape index (κ3) is 7.04. The second kappa shape index (κ2) is 16.7. The van der Waals surface area contributed by atoms with Crippen molar-refractivity contribution in [3.63, 3.8) is 0 Å². The average molecular weight is 873 g/mol. The van der Waals surface area contributed by atoms with Crippen LogP contribution in [0.25, 0.3) is 48.0 Å². The highest BCUT2D eigenvalue weighted by molar-refractivity contribution is 7.26. The van der Waals surface area contributed by atoms with Crippen LogP contribution < -0.4 is 21.3 Å². The van der Waals surface area contributed by atoms with Crippen molar-refractivity contribution in [2.75, 3.05) is 10.2 Å². The van der Waals surface area contributed by atoms with Crippen molar-refractivity contribution in [2.24, 2.45) is 21.6 Å². The van der Waals surface area contributed by atoms with E-state index in [4.69, 9.17) is 15.7 Å². The maximum absolute atomic E-state index is 7.24. The molecule has 4 N–H and O–H groups in total. The fraction of sp³-hybridized carbons (Fsp3) is 0.119. The summed E-state index contributed by atoms with van der Waals surface area (Å²) in [6, 6.07) is 58.8. The Morgan fingerprint density at radius 3 is 2.14 bits per heavy atom. The quantitative estimate of drug-likeness (QED) is 0.142. The fourth-order valence-corrected chi connectivity index (χ4v) is 11.6. The summed E-state index contributed by atoms with van der Waals surface area (Å²) in [7, 11) is 0. The first-order valence-corrected chi connectivity index (χ1v) is 23.7. The Morgan fingerprint density at radius 2 is 1.30 bits per heavy atom. The molecule has 7 heteroatoms. The molecule has 0 saturated carbocycles. The fourth-order valence-electron chi connectivity index (χ4n) is 10.3. The molecule has 7 aromatic carbocycles. The van der Waals surface area contributed by atoms with E-state index in [0.717, 1.165) is 75.0 Å². The van der Waals surface area contributed by atoms with Crippen molar-refractivity contribution in [3.05, 3.63) is 228 Å². The van der Waals surface area contributed by atoms with Gasteiger partial charge >= 0.3 is 0 Å². The number of benzene rings is 7. The Kier molecular flexibility index (Phi) is 10.1. The molecular weight excluding hydrogens is 825 g/mol. The van der Waals surface area contributed by atoms with Gasteiger partial charge in [-0.2, -0.15) is 0 Å². The number of nitrogens with one attached hydrogen (secondary N) is 2. The summed E-state index contributed by atoms with van der Waals surface area (Å²) in [5, 5.41) is 9.88. The molecule has 66 heavy (non-hydrogen) atoms. The van der Waals surface area contributed by atoms with E-state index >= 15 is 0 Å². The molecule has 0 fully saturated rings. The maximum atomic E-state index is 7.24. The topological polar surface area (TPSA) is 78.0 Å². The van der Waals surface area contributed by atoms with Crippen LogP contribution in [0, 0.1) is 5.92 Å². The van der Waals surface area contributed by atoms with E-state index in [-0.39, 0.29) is 24.2 Å². The number of hydrogen-bond acceptors (Lipinski definition) is 7. The van der Waals surface area contributed by atoms with Crippen LogP contribution in [0.15, 0.2) is 216 Å². The van der Waals surface area contributed by atoms with E-state index in [9.17, 15) is 0 Å². The first kappa shape index (κ1) is 39.8. The van der Waals surface area contributed by atoms with Gasteiger partial charge in [0.05, 0.1) is 11.4 Å². The molecule has 2 aliphatic heterocycles. The average Bonchev–Trinajstić information content (AvgIpc) is 3.94. The number of hydrogen-bond donors (Lipinski definition) is 3. The summed E-state index contributed by atoms with van der Waals surface area (Å²) in [5.74, 6) is 1.84. The molecule has 2 aliphatic carbocycles. The van der Waals surface area contributed by atoms with Crippen molar-refractivity contribution in [1.82, 2.24) is 5.32 Å². The number of para-hydroxylation sites is 2.